The van der Waals surface area contributed by atoms with Crippen LogP contribution in [0, 0.1) is 0 Å². The van der Waals surface area contributed by atoms with E-state index in [1.54, 1.807) is 13.0 Å². The van der Waals surface area contributed by atoms with Gasteiger partial charge in [0.15, 0.2) is 0 Å². The Balaban J connectivity index is 2.65. The minimum absolute atomic E-state index is 0.101. The number of halogens is 2. The highest BCUT2D eigenvalue weighted by molar-refractivity contribution is 5.95. The number of hydrogen-bond acceptors (Lipinski definition) is 4. The van der Waals surface area contributed by atoms with Gasteiger partial charge in [0.2, 0.25) is 0 Å². The third-order valence-electron chi connectivity index (χ3n) is 3.98. The minimum Gasteiger partial charge on any atom is -0.466 e. The molecular weight excluding hydrogens is 322 g/mol. The normalized spacial score (nSPS) is 18.3. The van der Waals surface area contributed by atoms with Gasteiger partial charge < -0.3 is 19.3 Å². The molecule has 130 valence electrons. The lowest BCUT2D eigenvalue weighted by Crippen LogP contribution is -2.47. The maximum Gasteiger partial charge on any atom is 0.387 e. The van der Waals surface area contributed by atoms with Crippen LogP contribution in [0.2, 0.25) is 0 Å². The van der Waals surface area contributed by atoms with E-state index in [0.29, 0.717) is 5.70 Å². The first-order chi connectivity index (χ1) is 11.3. The SMILES string of the molecule is COC(=O)C1=C(C)N(C)C(=O)N(C)[C@@H]1c1ccccc1OC(F)F. The van der Waals surface area contributed by atoms with Crippen molar-refractivity contribution >= 4 is 12.0 Å². The summed E-state index contributed by atoms with van der Waals surface area (Å²) in [5, 5.41) is 0. The second-order valence-electron chi connectivity index (χ2n) is 5.26. The van der Waals surface area contributed by atoms with Crippen molar-refractivity contribution in [3.63, 3.8) is 0 Å². The number of allylic oxidation sites excluding steroid dienone is 1. The second-order valence-corrected chi connectivity index (χ2v) is 5.26. The second kappa shape index (κ2) is 6.86. The minimum atomic E-state index is -3.02. The van der Waals surface area contributed by atoms with Gasteiger partial charge in [-0.15, -0.1) is 0 Å². The van der Waals surface area contributed by atoms with Crippen LogP contribution in [0.25, 0.3) is 0 Å². The molecule has 1 aliphatic rings. The van der Waals surface area contributed by atoms with Gasteiger partial charge in [-0.1, -0.05) is 18.2 Å². The number of methoxy groups -OCH3 is 1. The zero-order chi connectivity index (χ0) is 18.0. The van der Waals surface area contributed by atoms with Crippen molar-refractivity contribution in [1.29, 1.82) is 0 Å². The van der Waals surface area contributed by atoms with E-state index in [0.717, 1.165) is 0 Å². The van der Waals surface area contributed by atoms with Crippen LogP contribution in [0.3, 0.4) is 0 Å². The van der Waals surface area contributed by atoms with E-state index in [1.807, 2.05) is 0 Å². The number of esters is 1. The Hall–Kier alpha value is -2.64. The molecule has 0 unspecified atom stereocenters. The molecule has 0 bridgehead atoms. The predicted molar refractivity (Wildman–Crippen MR) is 81.5 cm³/mol. The summed E-state index contributed by atoms with van der Waals surface area (Å²) >= 11 is 0. The topological polar surface area (TPSA) is 59.1 Å². The smallest absolute Gasteiger partial charge is 0.387 e. The van der Waals surface area contributed by atoms with Gasteiger partial charge in [0.05, 0.1) is 18.7 Å². The molecular formula is C16H18F2N2O4. The number of ether oxygens (including phenoxy) is 2. The van der Waals surface area contributed by atoms with Crippen LogP contribution >= 0.6 is 0 Å². The van der Waals surface area contributed by atoms with Crippen molar-refractivity contribution < 1.29 is 27.8 Å². The number of likely N-dealkylation sites (N-methyl/N-ethyl adjacent to an activating group) is 1. The number of nitrogens with zero attached hydrogens (tertiary/aromatic N) is 2. The fourth-order valence-corrected chi connectivity index (χ4v) is 2.71. The predicted octanol–water partition coefficient (Wildman–Crippen LogP) is 2.77. The molecule has 6 nitrogen and oxygen atoms in total. The fraction of sp³-hybridized carbons (Fsp3) is 0.375. The molecule has 1 atom stereocenters. The van der Waals surface area contributed by atoms with Crippen LogP contribution in [0.4, 0.5) is 13.6 Å². The van der Waals surface area contributed by atoms with E-state index in [9.17, 15) is 18.4 Å². The Morgan fingerprint density at radius 3 is 2.46 bits per heavy atom. The summed E-state index contributed by atoms with van der Waals surface area (Å²) in [4.78, 5) is 27.2. The Bertz CT molecular complexity index is 690. The van der Waals surface area contributed by atoms with Crippen molar-refractivity contribution in [3.8, 4) is 5.75 Å². The quantitative estimate of drug-likeness (QED) is 0.791. The lowest BCUT2D eigenvalue weighted by atomic mass is 9.93. The van der Waals surface area contributed by atoms with E-state index in [-0.39, 0.29) is 22.9 Å². The van der Waals surface area contributed by atoms with Crippen LogP contribution in [0.1, 0.15) is 18.5 Å². The van der Waals surface area contributed by atoms with Crippen LogP contribution in [-0.2, 0) is 9.53 Å². The zero-order valence-corrected chi connectivity index (χ0v) is 13.7. The molecule has 1 aromatic carbocycles. The number of benzene rings is 1. The zero-order valence-electron chi connectivity index (χ0n) is 13.7. The van der Waals surface area contributed by atoms with Crippen molar-refractivity contribution in [3.05, 3.63) is 41.1 Å². The number of carbonyl (C=O) groups is 2. The molecule has 0 fully saturated rings. The van der Waals surface area contributed by atoms with Gasteiger partial charge in [0.25, 0.3) is 0 Å². The first-order valence-corrected chi connectivity index (χ1v) is 7.13. The van der Waals surface area contributed by atoms with E-state index in [2.05, 4.69) is 4.74 Å². The molecule has 0 N–H and O–H groups in total. The van der Waals surface area contributed by atoms with Crippen LogP contribution in [-0.4, -0.2) is 49.6 Å². The first-order valence-electron chi connectivity index (χ1n) is 7.13. The molecule has 0 aliphatic carbocycles. The van der Waals surface area contributed by atoms with E-state index in [1.165, 1.54) is 49.2 Å². The van der Waals surface area contributed by atoms with Gasteiger partial charge >= 0.3 is 18.6 Å². The average Bonchev–Trinajstić information content (AvgIpc) is 2.55. The van der Waals surface area contributed by atoms with Crippen LogP contribution in [0.15, 0.2) is 35.5 Å². The molecule has 24 heavy (non-hydrogen) atoms. The summed E-state index contributed by atoms with van der Waals surface area (Å²) in [7, 11) is 4.23. The molecule has 2 rings (SSSR count). The first kappa shape index (κ1) is 17.7. The summed E-state index contributed by atoms with van der Waals surface area (Å²) in [6.45, 7) is -1.43. The van der Waals surface area contributed by atoms with Gasteiger partial charge in [0.1, 0.15) is 5.75 Å². The van der Waals surface area contributed by atoms with E-state index >= 15 is 0 Å². The number of carbonyl (C=O) groups excluding carboxylic acids is 2. The number of amides is 2. The highest BCUT2D eigenvalue weighted by atomic mass is 19.3. The highest BCUT2D eigenvalue weighted by Crippen LogP contribution is 2.40. The summed E-state index contributed by atoms with van der Waals surface area (Å²) < 4.78 is 34.7. The molecule has 1 aliphatic heterocycles. The number of hydrogen-bond donors (Lipinski definition) is 0. The Morgan fingerprint density at radius 2 is 1.88 bits per heavy atom. The maximum atomic E-state index is 12.7. The van der Waals surface area contributed by atoms with Crippen molar-refractivity contribution in [2.75, 3.05) is 21.2 Å². The Labute approximate surface area is 138 Å². The monoisotopic (exact) mass is 340 g/mol. The molecule has 1 heterocycles. The Morgan fingerprint density at radius 1 is 1.25 bits per heavy atom. The van der Waals surface area contributed by atoms with Gasteiger partial charge in [-0.3, -0.25) is 0 Å². The largest absolute Gasteiger partial charge is 0.466 e. The molecule has 0 saturated carbocycles. The average molecular weight is 340 g/mol. The summed E-state index contributed by atoms with van der Waals surface area (Å²) in [5.41, 5.74) is 0.857. The lowest BCUT2D eigenvalue weighted by molar-refractivity contribution is -0.137. The van der Waals surface area contributed by atoms with Gasteiger partial charge in [0, 0.05) is 25.4 Å². The van der Waals surface area contributed by atoms with Crippen molar-refractivity contribution in [2.45, 2.75) is 19.6 Å². The molecule has 0 saturated heterocycles. The standard InChI is InChI=1S/C16H18F2N2O4/c1-9-12(14(21)23-4)13(20(3)16(22)19(9)2)10-7-5-6-8-11(10)24-15(17)18/h5-8,13,15H,1-4H3/t13-/m1/s1. The molecule has 0 radical (unpaired) electrons. The van der Waals surface area contributed by atoms with Gasteiger partial charge in [-0.2, -0.15) is 8.78 Å². The van der Waals surface area contributed by atoms with E-state index in [4.69, 9.17) is 4.74 Å². The molecule has 0 aromatic heterocycles. The van der Waals surface area contributed by atoms with Gasteiger partial charge in [-0.25, -0.2) is 9.59 Å². The number of para-hydroxylation sites is 1. The summed E-state index contributed by atoms with van der Waals surface area (Å²) in [5.74, 6) is -0.744. The molecule has 8 heteroatoms. The number of urea groups is 1. The summed E-state index contributed by atoms with van der Waals surface area (Å²) in [6.07, 6.45) is 0. The van der Waals surface area contributed by atoms with Gasteiger partial charge in [-0.05, 0) is 13.0 Å². The third-order valence-corrected chi connectivity index (χ3v) is 3.98. The fourth-order valence-electron chi connectivity index (χ4n) is 2.71. The molecule has 1 aromatic rings. The van der Waals surface area contributed by atoms with Crippen molar-refractivity contribution in [1.82, 2.24) is 9.80 Å². The maximum absolute atomic E-state index is 12.7. The highest BCUT2D eigenvalue weighted by Gasteiger charge is 2.40. The van der Waals surface area contributed by atoms with Crippen LogP contribution < -0.4 is 4.74 Å². The Kier molecular flexibility index (Phi) is 5.06. The number of rotatable bonds is 4. The molecule has 2 amide bonds. The summed E-state index contributed by atoms with van der Waals surface area (Å²) in [6, 6.07) is 4.78. The van der Waals surface area contributed by atoms with E-state index < -0.39 is 18.6 Å². The third kappa shape index (κ3) is 3.04. The lowest BCUT2D eigenvalue weighted by Gasteiger charge is -2.39. The van der Waals surface area contributed by atoms with Crippen LogP contribution in [0.5, 0.6) is 5.75 Å². The van der Waals surface area contributed by atoms with Crippen molar-refractivity contribution in [2.24, 2.45) is 0 Å². The number of alkyl halides is 2. The molecule has 0 spiro atoms.